The summed E-state index contributed by atoms with van der Waals surface area (Å²) in [4.78, 5) is 29.0. The molecule has 35 heavy (non-hydrogen) atoms. The summed E-state index contributed by atoms with van der Waals surface area (Å²) in [6.07, 6.45) is 0. The molecule has 5 rings (SSSR count). The molecule has 0 fully saturated rings. The van der Waals surface area contributed by atoms with Gasteiger partial charge in [0.1, 0.15) is 11.3 Å². The van der Waals surface area contributed by atoms with Crippen molar-refractivity contribution in [1.82, 2.24) is 0 Å². The van der Waals surface area contributed by atoms with E-state index in [1.165, 1.54) is 19.1 Å². The zero-order valence-corrected chi connectivity index (χ0v) is 21.2. The van der Waals surface area contributed by atoms with Gasteiger partial charge in [-0.2, -0.15) is 0 Å². The second-order valence-electron chi connectivity index (χ2n) is 8.12. The van der Waals surface area contributed by atoms with Crippen molar-refractivity contribution in [3.8, 4) is 17.2 Å². The lowest BCUT2D eigenvalue weighted by Gasteiger charge is -2.26. The van der Waals surface area contributed by atoms with Gasteiger partial charge in [0.25, 0.3) is 5.91 Å². The molecule has 9 heteroatoms. The molecule has 0 spiro atoms. The van der Waals surface area contributed by atoms with Crippen LogP contribution in [-0.4, -0.2) is 25.2 Å². The first-order valence-electron chi connectivity index (χ1n) is 10.6. The van der Waals surface area contributed by atoms with Crippen LogP contribution < -0.4 is 19.8 Å². The van der Waals surface area contributed by atoms with Crippen LogP contribution >= 0.6 is 27.5 Å². The number of rotatable bonds is 4. The highest BCUT2D eigenvalue weighted by Gasteiger charge is 2.44. The summed E-state index contributed by atoms with van der Waals surface area (Å²) >= 11 is 9.72. The Morgan fingerprint density at radius 2 is 1.77 bits per heavy atom. The maximum Gasteiger partial charge on any atom is 0.295 e. The topological polar surface area (TPSA) is 89.2 Å². The molecule has 0 saturated carbocycles. The minimum Gasteiger partial charge on any atom is -0.503 e. The second-order valence-corrected chi connectivity index (χ2v) is 9.39. The first-order valence-corrected chi connectivity index (χ1v) is 11.7. The van der Waals surface area contributed by atoms with Crippen molar-refractivity contribution in [2.24, 2.45) is 0 Å². The molecule has 3 aromatic carbocycles. The summed E-state index contributed by atoms with van der Waals surface area (Å²) < 4.78 is 16.9. The number of carbonyl (C=O) groups excluding carboxylic acids is 1. The number of aromatic hydroxyl groups is 1. The molecule has 178 valence electrons. The van der Waals surface area contributed by atoms with Gasteiger partial charge in [0.2, 0.25) is 5.76 Å². The third-order valence-corrected chi connectivity index (χ3v) is 6.93. The quantitative estimate of drug-likeness (QED) is 0.332. The minimum atomic E-state index is -0.867. The van der Waals surface area contributed by atoms with E-state index in [1.54, 1.807) is 42.5 Å². The van der Waals surface area contributed by atoms with E-state index in [2.05, 4.69) is 15.9 Å². The maximum absolute atomic E-state index is 13.8. The number of fused-ring (bicyclic) bond motifs is 2. The molecule has 2 heterocycles. The van der Waals surface area contributed by atoms with Crippen LogP contribution in [0.25, 0.3) is 11.0 Å². The number of amides is 1. The van der Waals surface area contributed by atoms with Gasteiger partial charge in [-0.1, -0.05) is 23.2 Å². The van der Waals surface area contributed by atoms with Crippen LogP contribution in [0.3, 0.4) is 0 Å². The lowest BCUT2D eigenvalue weighted by atomic mass is 9.97. The molecule has 1 aliphatic heterocycles. The molecular weight excluding hydrogens is 538 g/mol. The van der Waals surface area contributed by atoms with Crippen molar-refractivity contribution < 1.29 is 23.8 Å². The van der Waals surface area contributed by atoms with Gasteiger partial charge in [-0.3, -0.25) is 14.5 Å². The SMILES string of the molecule is COc1ccc(N2C(=O)c3oc4ccc(C)cc4c(=O)c3C2c2cc(Br)c(O)c(OC)c2)cc1Cl. The average Bonchev–Trinajstić information content (AvgIpc) is 3.13. The molecule has 0 radical (unpaired) electrons. The summed E-state index contributed by atoms with van der Waals surface area (Å²) in [5.74, 6) is -0.00830. The first kappa shape index (κ1) is 23.3. The molecule has 1 aliphatic rings. The van der Waals surface area contributed by atoms with Crippen molar-refractivity contribution in [3.63, 3.8) is 0 Å². The van der Waals surface area contributed by atoms with Crippen LogP contribution in [-0.2, 0) is 0 Å². The fourth-order valence-corrected chi connectivity index (χ4v) is 5.09. The van der Waals surface area contributed by atoms with Gasteiger partial charge in [0.05, 0.1) is 40.7 Å². The number of phenolic OH excluding ortho intramolecular Hbond substituents is 1. The summed E-state index contributed by atoms with van der Waals surface area (Å²) in [7, 11) is 2.92. The Kier molecular flexibility index (Phi) is 5.73. The molecule has 1 aromatic heterocycles. The molecular formula is C26H19BrClNO6. The average molecular weight is 557 g/mol. The zero-order chi connectivity index (χ0) is 25.0. The van der Waals surface area contributed by atoms with Crippen molar-refractivity contribution in [3.05, 3.63) is 90.7 Å². The number of hydrogen-bond donors (Lipinski definition) is 1. The fraction of sp³-hybridized carbons (Fsp3) is 0.154. The number of carbonyl (C=O) groups is 1. The van der Waals surface area contributed by atoms with E-state index < -0.39 is 11.9 Å². The summed E-state index contributed by atoms with van der Waals surface area (Å²) in [5.41, 5.74) is 2.07. The predicted molar refractivity (Wildman–Crippen MR) is 136 cm³/mol. The third kappa shape index (κ3) is 3.64. The smallest absolute Gasteiger partial charge is 0.295 e. The number of benzene rings is 3. The van der Waals surface area contributed by atoms with E-state index >= 15 is 0 Å². The van der Waals surface area contributed by atoms with Gasteiger partial charge in [-0.05, 0) is 70.9 Å². The summed E-state index contributed by atoms with van der Waals surface area (Å²) in [6, 6.07) is 12.5. The minimum absolute atomic E-state index is 0.0496. The Morgan fingerprint density at radius 1 is 1.03 bits per heavy atom. The van der Waals surface area contributed by atoms with E-state index in [0.29, 0.717) is 37.5 Å². The van der Waals surface area contributed by atoms with Crippen molar-refractivity contribution >= 4 is 50.1 Å². The van der Waals surface area contributed by atoms with Crippen LogP contribution in [0.4, 0.5) is 5.69 Å². The van der Waals surface area contributed by atoms with Crippen LogP contribution in [0, 0.1) is 6.92 Å². The lowest BCUT2D eigenvalue weighted by Crippen LogP contribution is -2.29. The molecule has 0 aliphatic carbocycles. The van der Waals surface area contributed by atoms with Gasteiger partial charge >= 0.3 is 0 Å². The van der Waals surface area contributed by atoms with Crippen LogP contribution in [0.2, 0.25) is 5.02 Å². The normalized spacial score (nSPS) is 14.9. The van der Waals surface area contributed by atoms with Crippen LogP contribution in [0.5, 0.6) is 17.2 Å². The highest BCUT2D eigenvalue weighted by Crippen LogP contribution is 2.46. The van der Waals surface area contributed by atoms with Gasteiger partial charge < -0.3 is 19.0 Å². The number of ether oxygens (including phenoxy) is 2. The molecule has 7 nitrogen and oxygen atoms in total. The van der Waals surface area contributed by atoms with E-state index in [1.807, 2.05) is 13.0 Å². The van der Waals surface area contributed by atoms with E-state index in [0.717, 1.165) is 5.56 Å². The highest BCUT2D eigenvalue weighted by atomic mass is 79.9. The molecule has 1 unspecified atom stereocenters. The van der Waals surface area contributed by atoms with Gasteiger partial charge in [0.15, 0.2) is 16.9 Å². The Labute approximate surface area is 213 Å². The number of anilines is 1. The molecule has 1 atom stereocenters. The van der Waals surface area contributed by atoms with Crippen LogP contribution in [0.1, 0.15) is 33.3 Å². The number of methoxy groups -OCH3 is 2. The first-order chi connectivity index (χ1) is 16.7. The number of phenols is 1. The van der Waals surface area contributed by atoms with E-state index in [-0.39, 0.29) is 28.3 Å². The van der Waals surface area contributed by atoms with E-state index in [4.69, 9.17) is 25.5 Å². The zero-order valence-electron chi connectivity index (χ0n) is 18.9. The number of nitrogens with zero attached hydrogens (tertiary/aromatic N) is 1. The van der Waals surface area contributed by atoms with Gasteiger partial charge in [0, 0.05) is 5.69 Å². The molecule has 0 bridgehead atoms. The molecule has 0 saturated heterocycles. The number of halogens is 2. The Morgan fingerprint density at radius 3 is 2.46 bits per heavy atom. The maximum atomic E-state index is 13.8. The number of hydrogen-bond acceptors (Lipinski definition) is 6. The standard InChI is InChI=1S/C26H19BrClNO6/c1-12-4-6-18-15(8-12)23(30)21-22(13-9-16(27)24(31)20(10-13)34-3)29(26(32)25(21)35-18)14-5-7-19(33-2)17(28)11-14/h4-11,22,31H,1-3H3. The number of aryl methyl sites for hydroxylation is 1. The van der Waals surface area contributed by atoms with Crippen LogP contribution in [0.15, 0.2) is 62.2 Å². The largest absolute Gasteiger partial charge is 0.503 e. The monoisotopic (exact) mass is 555 g/mol. The molecule has 1 N–H and O–H groups in total. The molecule has 4 aromatic rings. The summed E-state index contributed by atoms with van der Waals surface area (Å²) in [5, 5.41) is 11.0. The molecule has 1 amide bonds. The Bertz CT molecular complexity index is 1580. The fourth-order valence-electron chi connectivity index (χ4n) is 4.38. The Hall–Kier alpha value is -3.49. The highest BCUT2D eigenvalue weighted by molar-refractivity contribution is 9.10. The van der Waals surface area contributed by atoms with Gasteiger partial charge in [-0.15, -0.1) is 0 Å². The second kappa shape index (κ2) is 8.62. The van der Waals surface area contributed by atoms with Gasteiger partial charge in [-0.25, -0.2) is 0 Å². The van der Waals surface area contributed by atoms with Crippen molar-refractivity contribution in [2.75, 3.05) is 19.1 Å². The van der Waals surface area contributed by atoms with E-state index in [9.17, 15) is 14.7 Å². The Balaban J connectivity index is 1.83. The lowest BCUT2D eigenvalue weighted by molar-refractivity contribution is 0.0971. The summed E-state index contributed by atoms with van der Waals surface area (Å²) in [6.45, 7) is 1.88. The van der Waals surface area contributed by atoms with Crippen molar-refractivity contribution in [1.29, 1.82) is 0 Å². The third-order valence-electron chi connectivity index (χ3n) is 6.03. The van der Waals surface area contributed by atoms with Crippen molar-refractivity contribution in [2.45, 2.75) is 13.0 Å². The predicted octanol–water partition coefficient (Wildman–Crippen LogP) is 5.99.